The molecule has 5 N–H and O–H groups in total. The number of aliphatic hydroxyl groups excluding tert-OH is 1. The number of imide groups is 1. The van der Waals surface area contributed by atoms with Crippen molar-refractivity contribution in [2.24, 2.45) is 29.4 Å². The first-order chi connectivity index (χ1) is 28.7. The van der Waals surface area contributed by atoms with Gasteiger partial charge in [0.25, 0.3) is 5.91 Å². The summed E-state index contributed by atoms with van der Waals surface area (Å²) in [6.45, 7) is 21.2. The molecule has 0 rings (SSSR count). The van der Waals surface area contributed by atoms with Crippen molar-refractivity contribution >= 4 is 41.5 Å². The fourth-order valence-electron chi connectivity index (χ4n) is 6.64. The molecule has 0 aliphatic carbocycles. The van der Waals surface area contributed by atoms with E-state index in [2.05, 4.69) is 17.2 Å². The van der Waals surface area contributed by atoms with E-state index >= 15 is 0 Å². The highest BCUT2D eigenvalue weighted by Crippen LogP contribution is 2.21. The van der Waals surface area contributed by atoms with E-state index in [1.165, 1.54) is 42.9 Å². The molecule has 0 fully saturated rings. The molecule has 0 saturated carbocycles. The lowest BCUT2D eigenvalue weighted by Crippen LogP contribution is -2.61. The molecule has 7 atom stereocenters. The maximum atomic E-state index is 14.6. The number of ether oxygens (including phenoxy) is 1. The molecular formula is C45H82N8O9. The quantitative estimate of drug-likeness (QED) is 0.0666. The smallest absolute Gasteiger partial charge is 0.324 e. The minimum atomic E-state index is -1.32. The number of likely N-dealkylation sites (N-methyl/N-ethyl adjacent to an activating group) is 4. The van der Waals surface area contributed by atoms with E-state index in [0.717, 1.165) is 4.90 Å². The number of carbonyl (C=O) groups excluding carboxylic acids is 7. The molecular weight excluding hydrogens is 797 g/mol. The van der Waals surface area contributed by atoms with E-state index in [9.17, 15) is 38.7 Å². The molecule has 0 radical (unpaired) electrons. The molecule has 8 amide bonds. The van der Waals surface area contributed by atoms with Crippen LogP contribution in [0, 0.1) is 23.7 Å². The Kier molecular flexibility index (Phi) is 26.4. The SMILES string of the molecule is C=C(C[C@H](C(N)=O)N(C)C(=O)NC(=O)[C@H](CC(C)C)N(C)C(=O)[C@@H](COCCCN(C)C)N(C)C(=O)[C@H](CC)NC(=O)[C@H]([C@H](O)[C@H](C)C/C=C/C)N(C)C(=O)CC(C)C)C(C)C. The average molecular weight is 879 g/mol. The van der Waals surface area contributed by atoms with Crippen molar-refractivity contribution in [3.63, 3.8) is 0 Å². The zero-order chi connectivity index (χ0) is 48.2. The number of allylic oxidation sites excluding steroid dienone is 2. The van der Waals surface area contributed by atoms with Gasteiger partial charge in [-0.3, -0.25) is 34.1 Å². The zero-order valence-electron chi connectivity index (χ0n) is 40.5. The van der Waals surface area contributed by atoms with Gasteiger partial charge in [-0.15, -0.1) is 0 Å². The second-order valence-electron chi connectivity index (χ2n) is 17.9. The van der Waals surface area contributed by atoms with Crippen LogP contribution in [0.5, 0.6) is 0 Å². The molecule has 0 aromatic rings. The van der Waals surface area contributed by atoms with Crippen LogP contribution in [-0.4, -0.2) is 169 Å². The molecule has 0 heterocycles. The maximum Gasteiger partial charge on any atom is 0.324 e. The number of urea groups is 1. The van der Waals surface area contributed by atoms with Gasteiger partial charge in [0.05, 0.1) is 12.7 Å². The average Bonchev–Trinajstić information content (AvgIpc) is 3.19. The Morgan fingerprint density at radius 1 is 0.774 bits per heavy atom. The van der Waals surface area contributed by atoms with E-state index in [1.807, 2.05) is 79.6 Å². The summed E-state index contributed by atoms with van der Waals surface area (Å²) in [6.07, 6.45) is 3.96. The Morgan fingerprint density at radius 3 is 1.84 bits per heavy atom. The summed E-state index contributed by atoms with van der Waals surface area (Å²) in [7, 11) is 9.45. The molecule has 0 bridgehead atoms. The highest BCUT2D eigenvalue weighted by atomic mass is 16.5. The van der Waals surface area contributed by atoms with Crippen LogP contribution < -0.4 is 16.4 Å². The van der Waals surface area contributed by atoms with Gasteiger partial charge in [0.2, 0.25) is 29.5 Å². The number of aliphatic hydroxyl groups is 1. The fraction of sp³-hybridized carbons (Fsp3) is 0.756. The Bertz CT molecular complexity index is 1520. The molecule has 17 heteroatoms. The summed E-state index contributed by atoms with van der Waals surface area (Å²) in [4.78, 5) is 103. The van der Waals surface area contributed by atoms with Gasteiger partial charge in [-0.25, -0.2) is 4.79 Å². The Balaban J connectivity index is 6.82. The number of carbonyl (C=O) groups is 7. The first kappa shape index (κ1) is 57.6. The van der Waals surface area contributed by atoms with Crippen molar-refractivity contribution in [2.45, 2.75) is 137 Å². The van der Waals surface area contributed by atoms with Crippen LogP contribution in [0.15, 0.2) is 24.3 Å². The van der Waals surface area contributed by atoms with E-state index < -0.39 is 77.8 Å². The monoisotopic (exact) mass is 879 g/mol. The zero-order valence-corrected chi connectivity index (χ0v) is 40.5. The van der Waals surface area contributed by atoms with Gasteiger partial charge in [-0.2, -0.15) is 0 Å². The predicted octanol–water partition coefficient (Wildman–Crippen LogP) is 3.01. The summed E-state index contributed by atoms with van der Waals surface area (Å²) in [6, 6.07) is -6.94. The largest absolute Gasteiger partial charge is 0.390 e. The van der Waals surface area contributed by atoms with Crippen LogP contribution in [-0.2, 0) is 33.5 Å². The van der Waals surface area contributed by atoms with E-state index in [1.54, 1.807) is 13.8 Å². The summed E-state index contributed by atoms with van der Waals surface area (Å²) in [5.41, 5.74) is 6.34. The Morgan fingerprint density at radius 2 is 1.35 bits per heavy atom. The minimum absolute atomic E-state index is 0.00904. The third-order valence-electron chi connectivity index (χ3n) is 11.0. The van der Waals surface area contributed by atoms with Crippen molar-refractivity contribution in [1.29, 1.82) is 0 Å². The second-order valence-corrected chi connectivity index (χ2v) is 17.9. The normalized spacial score (nSPS) is 15.1. The summed E-state index contributed by atoms with van der Waals surface area (Å²) in [5.74, 6) is -4.49. The van der Waals surface area contributed by atoms with Gasteiger partial charge < -0.3 is 45.4 Å². The van der Waals surface area contributed by atoms with Crippen LogP contribution >= 0.6 is 0 Å². The number of rotatable bonds is 28. The summed E-state index contributed by atoms with van der Waals surface area (Å²) < 4.78 is 5.97. The molecule has 0 spiro atoms. The molecule has 356 valence electrons. The molecule has 0 aromatic carbocycles. The second kappa shape index (κ2) is 28.4. The van der Waals surface area contributed by atoms with E-state index in [-0.39, 0.29) is 62.6 Å². The summed E-state index contributed by atoms with van der Waals surface area (Å²) in [5, 5.41) is 16.6. The third kappa shape index (κ3) is 19.0. The van der Waals surface area contributed by atoms with Crippen LogP contribution in [0.25, 0.3) is 0 Å². The van der Waals surface area contributed by atoms with Gasteiger partial charge in [-0.1, -0.05) is 79.7 Å². The highest BCUT2D eigenvalue weighted by Gasteiger charge is 2.41. The maximum absolute atomic E-state index is 14.6. The number of primary amides is 1. The number of nitrogens with two attached hydrogens (primary N) is 1. The van der Waals surface area contributed by atoms with Gasteiger partial charge >= 0.3 is 6.03 Å². The van der Waals surface area contributed by atoms with E-state index in [4.69, 9.17) is 10.5 Å². The number of nitrogens with one attached hydrogen (secondary N) is 2. The van der Waals surface area contributed by atoms with Gasteiger partial charge in [-0.05, 0) is 83.3 Å². The van der Waals surface area contributed by atoms with Crippen molar-refractivity contribution in [2.75, 3.05) is 62.0 Å². The van der Waals surface area contributed by atoms with Gasteiger partial charge in [0, 0.05) is 41.2 Å². The van der Waals surface area contributed by atoms with Crippen LogP contribution in [0.1, 0.15) is 101 Å². The van der Waals surface area contributed by atoms with Crippen molar-refractivity contribution in [3.05, 3.63) is 24.3 Å². The lowest BCUT2D eigenvalue weighted by Gasteiger charge is -2.37. The van der Waals surface area contributed by atoms with Crippen molar-refractivity contribution < 1.29 is 43.4 Å². The molecule has 0 aromatic heterocycles. The number of nitrogens with zero attached hydrogens (tertiary/aromatic N) is 5. The molecule has 62 heavy (non-hydrogen) atoms. The lowest BCUT2D eigenvalue weighted by molar-refractivity contribution is -0.152. The topological polar surface area (TPSA) is 215 Å². The standard InChI is InChI=1S/C45H82N8O9/c1-17-19-21-31(9)39(55)38(53(16)37(54)25-29(5)6)42(58)47-33(18-2)43(59)51(14)36(27-62-23-20-22-49(11)12)44(60)50(13)35(24-28(3)4)41(57)48-45(61)52(15)34(40(46)56)26-32(10)30(7)8/h17,19,28-31,33-36,38-39,55H,10,18,20-27H2,1-9,11-16H3,(H2,46,56)(H,47,58)(H,48,57,61)/b19-17+/t31-,33+,34-,35+,36-,38+,39-/m1/s1. The third-order valence-corrected chi connectivity index (χ3v) is 11.0. The van der Waals surface area contributed by atoms with Gasteiger partial charge in [0.1, 0.15) is 30.2 Å². The van der Waals surface area contributed by atoms with Crippen molar-refractivity contribution in [3.8, 4) is 0 Å². The Hall–Kier alpha value is -4.35. The number of hydrogen-bond donors (Lipinski definition) is 4. The number of hydrogen-bond acceptors (Lipinski definition) is 10. The van der Waals surface area contributed by atoms with E-state index in [0.29, 0.717) is 25.0 Å². The van der Waals surface area contributed by atoms with Crippen LogP contribution in [0.2, 0.25) is 0 Å². The molecule has 0 aliphatic rings. The molecule has 17 nitrogen and oxygen atoms in total. The first-order valence-corrected chi connectivity index (χ1v) is 21.9. The van der Waals surface area contributed by atoms with Crippen LogP contribution in [0.3, 0.4) is 0 Å². The Labute approximate surface area is 372 Å². The van der Waals surface area contributed by atoms with Gasteiger partial charge in [0.15, 0.2) is 0 Å². The number of amides is 8. The predicted molar refractivity (Wildman–Crippen MR) is 242 cm³/mol. The van der Waals surface area contributed by atoms with Crippen molar-refractivity contribution in [1.82, 2.24) is 35.1 Å². The fourth-order valence-corrected chi connectivity index (χ4v) is 6.64. The lowest BCUT2D eigenvalue weighted by atomic mass is 9.92. The molecule has 0 unspecified atom stereocenters. The minimum Gasteiger partial charge on any atom is -0.390 e. The molecule has 0 saturated heterocycles. The molecule has 0 aliphatic heterocycles. The van der Waals surface area contributed by atoms with Crippen LogP contribution in [0.4, 0.5) is 4.79 Å². The summed E-state index contributed by atoms with van der Waals surface area (Å²) >= 11 is 0. The first-order valence-electron chi connectivity index (χ1n) is 21.9. The highest BCUT2D eigenvalue weighted by molar-refractivity contribution is 6.01.